The number of anilines is 3. The maximum absolute atomic E-state index is 5.85. The second-order valence-electron chi connectivity index (χ2n) is 5.03. The van der Waals surface area contributed by atoms with E-state index in [0.29, 0.717) is 22.6 Å². The summed E-state index contributed by atoms with van der Waals surface area (Å²) in [5, 5.41) is 11.1. The van der Waals surface area contributed by atoms with Crippen molar-refractivity contribution in [2.75, 3.05) is 11.1 Å². The largest absolute Gasteiger partial charge is 0.397 e. The molecule has 5 nitrogen and oxygen atoms in total. The molecule has 0 amide bonds. The van der Waals surface area contributed by atoms with Crippen LogP contribution in [0.3, 0.4) is 0 Å². The summed E-state index contributed by atoms with van der Waals surface area (Å²) >= 11 is 0. The minimum absolute atomic E-state index is 0.429. The van der Waals surface area contributed by atoms with Gasteiger partial charge in [-0.15, -0.1) is 0 Å². The monoisotopic (exact) mass is 268 g/mol. The summed E-state index contributed by atoms with van der Waals surface area (Å²) in [5.41, 5.74) is 10.8. The zero-order valence-corrected chi connectivity index (χ0v) is 11.4. The van der Waals surface area contributed by atoms with Crippen LogP contribution < -0.4 is 11.1 Å². The second-order valence-corrected chi connectivity index (χ2v) is 5.03. The van der Waals surface area contributed by atoms with Crippen molar-refractivity contribution < 1.29 is 4.63 Å². The average Bonchev–Trinajstić information content (AvgIpc) is 2.93. The minimum atomic E-state index is 0.429. The van der Waals surface area contributed by atoms with Crippen molar-refractivity contribution in [2.24, 2.45) is 0 Å². The van der Waals surface area contributed by atoms with Gasteiger partial charge in [0.05, 0.1) is 11.4 Å². The van der Waals surface area contributed by atoms with Gasteiger partial charge in [0, 0.05) is 5.69 Å². The summed E-state index contributed by atoms with van der Waals surface area (Å²) in [6, 6.07) is 11.9. The Morgan fingerprint density at radius 3 is 2.55 bits per heavy atom. The number of nitrogen functional groups attached to an aromatic ring is 1. The molecule has 102 valence electrons. The van der Waals surface area contributed by atoms with E-state index in [-0.39, 0.29) is 0 Å². The van der Waals surface area contributed by atoms with Gasteiger partial charge in [0.25, 0.3) is 0 Å². The van der Waals surface area contributed by atoms with Crippen molar-refractivity contribution in [2.45, 2.75) is 19.8 Å². The first-order valence-electron chi connectivity index (χ1n) is 6.53. The highest BCUT2D eigenvalue weighted by atomic mass is 16.6. The Morgan fingerprint density at radius 2 is 1.75 bits per heavy atom. The molecule has 0 saturated carbocycles. The SMILES string of the molecule is CC(C)c1ccccc1Nc1ccc(N)c2nonc12. The molecule has 0 unspecified atom stereocenters. The lowest BCUT2D eigenvalue weighted by Crippen LogP contribution is -1.99. The highest BCUT2D eigenvalue weighted by Gasteiger charge is 2.12. The molecule has 3 N–H and O–H groups in total. The zero-order valence-electron chi connectivity index (χ0n) is 11.4. The fourth-order valence-electron chi connectivity index (χ4n) is 2.25. The molecule has 3 rings (SSSR count). The predicted octanol–water partition coefficient (Wildman–Crippen LogP) is 3.67. The first-order chi connectivity index (χ1) is 9.66. The van der Waals surface area contributed by atoms with Crippen LogP contribution in [-0.2, 0) is 0 Å². The third-order valence-electron chi connectivity index (χ3n) is 3.30. The number of aromatic nitrogens is 2. The van der Waals surface area contributed by atoms with Gasteiger partial charge < -0.3 is 11.1 Å². The van der Waals surface area contributed by atoms with E-state index in [4.69, 9.17) is 10.4 Å². The Kier molecular flexibility index (Phi) is 3.02. The molecule has 0 aliphatic heterocycles. The van der Waals surface area contributed by atoms with Gasteiger partial charge >= 0.3 is 0 Å². The molecule has 1 aromatic heterocycles. The van der Waals surface area contributed by atoms with E-state index >= 15 is 0 Å². The second kappa shape index (κ2) is 4.85. The Bertz CT molecular complexity index is 748. The Balaban J connectivity index is 2.06. The van der Waals surface area contributed by atoms with Crippen LogP contribution in [0.15, 0.2) is 41.0 Å². The van der Waals surface area contributed by atoms with Crippen LogP contribution in [0.4, 0.5) is 17.1 Å². The smallest absolute Gasteiger partial charge is 0.160 e. The number of nitrogens with one attached hydrogen (secondary N) is 1. The quantitative estimate of drug-likeness (QED) is 0.709. The van der Waals surface area contributed by atoms with Crippen molar-refractivity contribution >= 4 is 28.1 Å². The van der Waals surface area contributed by atoms with Gasteiger partial charge in [-0.25, -0.2) is 4.63 Å². The van der Waals surface area contributed by atoms with E-state index in [1.54, 1.807) is 6.07 Å². The van der Waals surface area contributed by atoms with Gasteiger partial charge in [-0.3, -0.25) is 0 Å². The summed E-state index contributed by atoms with van der Waals surface area (Å²) < 4.78 is 4.78. The molecule has 1 heterocycles. The van der Waals surface area contributed by atoms with E-state index < -0.39 is 0 Å². The van der Waals surface area contributed by atoms with Crippen molar-refractivity contribution in [1.82, 2.24) is 10.3 Å². The molecule has 3 aromatic rings. The molecule has 0 fully saturated rings. The van der Waals surface area contributed by atoms with E-state index in [1.165, 1.54) is 5.56 Å². The maximum atomic E-state index is 5.85. The number of fused-ring (bicyclic) bond motifs is 1. The third-order valence-corrected chi connectivity index (χ3v) is 3.30. The first-order valence-corrected chi connectivity index (χ1v) is 6.53. The minimum Gasteiger partial charge on any atom is -0.397 e. The van der Waals surface area contributed by atoms with E-state index in [0.717, 1.165) is 11.4 Å². The number of hydrogen-bond acceptors (Lipinski definition) is 5. The van der Waals surface area contributed by atoms with Crippen molar-refractivity contribution in [3.8, 4) is 0 Å². The Morgan fingerprint density at radius 1 is 1.00 bits per heavy atom. The number of para-hydroxylation sites is 1. The molecule has 0 bridgehead atoms. The summed E-state index contributed by atoms with van der Waals surface area (Å²) in [4.78, 5) is 0. The molecule has 20 heavy (non-hydrogen) atoms. The lowest BCUT2D eigenvalue weighted by atomic mass is 10.0. The molecule has 0 radical (unpaired) electrons. The third kappa shape index (κ3) is 2.07. The zero-order chi connectivity index (χ0) is 14.1. The topological polar surface area (TPSA) is 77.0 Å². The Labute approximate surface area is 116 Å². The highest BCUT2D eigenvalue weighted by Crippen LogP contribution is 2.31. The predicted molar refractivity (Wildman–Crippen MR) is 80.0 cm³/mol. The summed E-state index contributed by atoms with van der Waals surface area (Å²) in [7, 11) is 0. The molecular weight excluding hydrogens is 252 g/mol. The van der Waals surface area contributed by atoms with Crippen LogP contribution in [0.5, 0.6) is 0 Å². The fraction of sp³-hybridized carbons (Fsp3) is 0.200. The number of benzene rings is 2. The normalized spacial score (nSPS) is 11.2. The molecule has 0 atom stereocenters. The molecule has 0 aliphatic rings. The summed E-state index contributed by atoms with van der Waals surface area (Å²) in [6.07, 6.45) is 0. The number of nitrogens with zero attached hydrogens (tertiary/aromatic N) is 2. The Hall–Kier alpha value is -2.56. The van der Waals surface area contributed by atoms with Crippen LogP contribution in [0.1, 0.15) is 25.3 Å². The fourth-order valence-corrected chi connectivity index (χ4v) is 2.25. The van der Waals surface area contributed by atoms with Crippen molar-refractivity contribution in [3.05, 3.63) is 42.0 Å². The van der Waals surface area contributed by atoms with Crippen LogP contribution in [-0.4, -0.2) is 10.3 Å². The van der Waals surface area contributed by atoms with Gasteiger partial charge in [0.1, 0.15) is 0 Å². The number of nitrogens with two attached hydrogens (primary N) is 1. The first kappa shape index (κ1) is 12.5. The van der Waals surface area contributed by atoms with Crippen molar-refractivity contribution in [1.29, 1.82) is 0 Å². The summed E-state index contributed by atoms with van der Waals surface area (Å²) in [6.45, 7) is 4.33. The van der Waals surface area contributed by atoms with Crippen LogP contribution in [0.25, 0.3) is 11.0 Å². The van der Waals surface area contributed by atoms with Gasteiger partial charge in [0.15, 0.2) is 11.0 Å². The molecule has 0 aliphatic carbocycles. The van der Waals surface area contributed by atoms with Gasteiger partial charge in [0.2, 0.25) is 0 Å². The van der Waals surface area contributed by atoms with Gasteiger partial charge in [-0.05, 0) is 40.0 Å². The molecule has 2 aromatic carbocycles. The van der Waals surface area contributed by atoms with Crippen molar-refractivity contribution in [3.63, 3.8) is 0 Å². The van der Waals surface area contributed by atoms with Gasteiger partial charge in [-0.2, -0.15) is 0 Å². The molecular formula is C15H16N4O. The lowest BCUT2D eigenvalue weighted by molar-refractivity contribution is 0.316. The number of hydrogen-bond donors (Lipinski definition) is 2. The molecule has 5 heteroatoms. The van der Waals surface area contributed by atoms with Crippen LogP contribution >= 0.6 is 0 Å². The molecule has 0 saturated heterocycles. The molecule has 0 spiro atoms. The maximum Gasteiger partial charge on any atom is 0.160 e. The highest BCUT2D eigenvalue weighted by molar-refractivity contribution is 5.96. The van der Waals surface area contributed by atoms with Gasteiger partial charge in [-0.1, -0.05) is 32.0 Å². The number of rotatable bonds is 3. The lowest BCUT2D eigenvalue weighted by Gasteiger charge is -2.14. The standard InChI is InChI=1S/C15H16N4O/c1-9(2)10-5-3-4-6-12(10)17-13-8-7-11(16)14-15(13)19-20-18-14/h3-9,17H,16H2,1-2H3. The average molecular weight is 268 g/mol. The van der Waals surface area contributed by atoms with Crippen LogP contribution in [0, 0.1) is 0 Å². The van der Waals surface area contributed by atoms with E-state index in [2.05, 4.69) is 35.5 Å². The van der Waals surface area contributed by atoms with E-state index in [1.807, 2.05) is 24.3 Å². The summed E-state index contributed by atoms with van der Waals surface area (Å²) in [5.74, 6) is 0.429. The van der Waals surface area contributed by atoms with E-state index in [9.17, 15) is 0 Å². The van der Waals surface area contributed by atoms with Crippen LogP contribution in [0.2, 0.25) is 0 Å².